The molecule has 2 rings (SSSR count). The maximum absolute atomic E-state index is 12.2. The number of halogens is 1. The van der Waals surface area contributed by atoms with Gasteiger partial charge in [-0.25, -0.2) is 0 Å². The number of likely N-dealkylation sites (tertiary alicyclic amines) is 1. The molecular formula is C13H16IN3O3. The monoisotopic (exact) mass is 389 g/mol. The number of carbonyl (C=O) groups is 1. The van der Waals surface area contributed by atoms with Gasteiger partial charge in [0.05, 0.1) is 4.92 Å². The third kappa shape index (κ3) is 3.38. The number of hydrogen-bond acceptors (Lipinski definition) is 4. The molecule has 108 valence electrons. The Labute approximate surface area is 130 Å². The molecule has 1 heterocycles. The summed E-state index contributed by atoms with van der Waals surface area (Å²) in [6, 6.07) is 4.46. The van der Waals surface area contributed by atoms with Gasteiger partial charge in [0.1, 0.15) is 11.7 Å². The fraction of sp³-hybridized carbons (Fsp3) is 0.462. The molecule has 1 aromatic carbocycles. The third-order valence-corrected chi connectivity index (χ3v) is 3.99. The Morgan fingerprint density at radius 1 is 1.45 bits per heavy atom. The van der Waals surface area contributed by atoms with Gasteiger partial charge < -0.3 is 10.2 Å². The molecule has 1 aliphatic heterocycles. The summed E-state index contributed by atoms with van der Waals surface area (Å²) in [5.41, 5.74) is 0.383. The van der Waals surface area contributed by atoms with Crippen LogP contribution in [0, 0.1) is 13.7 Å². The number of rotatable bonds is 4. The smallest absolute Gasteiger partial charge is 0.293 e. The van der Waals surface area contributed by atoms with Crippen LogP contribution in [0.25, 0.3) is 0 Å². The Bertz CT molecular complexity index is 530. The predicted molar refractivity (Wildman–Crippen MR) is 84.7 cm³/mol. The van der Waals surface area contributed by atoms with Crippen molar-refractivity contribution < 1.29 is 9.72 Å². The maximum atomic E-state index is 12.2. The molecule has 1 aromatic rings. The van der Waals surface area contributed by atoms with Crippen molar-refractivity contribution in [1.82, 2.24) is 4.90 Å². The van der Waals surface area contributed by atoms with Gasteiger partial charge in [-0.3, -0.25) is 14.9 Å². The van der Waals surface area contributed by atoms with Crippen LogP contribution in [0.2, 0.25) is 0 Å². The Balaban J connectivity index is 2.12. The number of nitro groups is 1. The molecule has 1 aliphatic rings. The van der Waals surface area contributed by atoms with Crippen LogP contribution in [-0.2, 0) is 4.79 Å². The minimum absolute atomic E-state index is 0.00188. The van der Waals surface area contributed by atoms with E-state index in [4.69, 9.17) is 0 Å². The fourth-order valence-electron chi connectivity index (χ4n) is 2.28. The standard InChI is InChI=1S/C13H16IN3O3/c1-9(13(18)16-6-2-3-7-16)15-11-5-4-10(14)8-12(11)17(19)20/h4-5,8-9,15H,2-3,6-7H2,1H3. The van der Waals surface area contributed by atoms with Gasteiger partial charge in [0.2, 0.25) is 5.91 Å². The minimum atomic E-state index is -0.466. The summed E-state index contributed by atoms with van der Waals surface area (Å²) in [5, 5.41) is 14.0. The van der Waals surface area contributed by atoms with Gasteiger partial charge in [-0.1, -0.05) is 0 Å². The SMILES string of the molecule is CC(Nc1ccc(I)cc1[N+](=O)[O-])C(=O)N1CCCC1. The molecule has 0 radical (unpaired) electrons. The topological polar surface area (TPSA) is 75.5 Å². The zero-order valence-corrected chi connectivity index (χ0v) is 13.3. The van der Waals surface area contributed by atoms with E-state index in [0.29, 0.717) is 5.69 Å². The van der Waals surface area contributed by atoms with E-state index in [1.165, 1.54) is 6.07 Å². The van der Waals surface area contributed by atoms with Gasteiger partial charge in [-0.2, -0.15) is 0 Å². The first kappa shape index (κ1) is 15.0. The van der Waals surface area contributed by atoms with Gasteiger partial charge in [-0.15, -0.1) is 0 Å². The maximum Gasteiger partial charge on any atom is 0.293 e. The van der Waals surface area contributed by atoms with Crippen molar-refractivity contribution in [3.63, 3.8) is 0 Å². The van der Waals surface area contributed by atoms with Gasteiger partial charge in [0.15, 0.2) is 0 Å². The van der Waals surface area contributed by atoms with Crippen LogP contribution in [0.15, 0.2) is 18.2 Å². The van der Waals surface area contributed by atoms with Crippen LogP contribution in [0.1, 0.15) is 19.8 Å². The zero-order valence-electron chi connectivity index (χ0n) is 11.1. The molecule has 1 saturated heterocycles. The second kappa shape index (κ2) is 6.38. The largest absolute Gasteiger partial charge is 0.368 e. The van der Waals surface area contributed by atoms with Gasteiger partial charge in [-0.05, 0) is 54.5 Å². The Kier molecular flexibility index (Phi) is 4.79. The fourth-order valence-corrected chi connectivity index (χ4v) is 2.76. The highest BCUT2D eigenvalue weighted by atomic mass is 127. The highest BCUT2D eigenvalue weighted by Gasteiger charge is 2.25. The van der Waals surface area contributed by atoms with E-state index in [0.717, 1.165) is 29.5 Å². The van der Waals surface area contributed by atoms with Crippen molar-refractivity contribution in [2.24, 2.45) is 0 Å². The van der Waals surface area contributed by atoms with Crippen LogP contribution < -0.4 is 5.32 Å². The number of amides is 1. The predicted octanol–water partition coefficient (Wildman–Crippen LogP) is 2.62. The first-order valence-electron chi connectivity index (χ1n) is 6.48. The van der Waals surface area contributed by atoms with Crippen LogP contribution in [0.4, 0.5) is 11.4 Å². The second-order valence-electron chi connectivity index (χ2n) is 4.82. The Hall–Kier alpha value is -1.38. The molecule has 0 spiro atoms. The summed E-state index contributed by atoms with van der Waals surface area (Å²) in [5.74, 6) is -0.00431. The average molecular weight is 389 g/mol. The molecule has 7 heteroatoms. The van der Waals surface area contributed by atoms with E-state index >= 15 is 0 Å². The van der Waals surface area contributed by atoms with E-state index in [-0.39, 0.29) is 11.6 Å². The first-order chi connectivity index (χ1) is 9.49. The summed E-state index contributed by atoms with van der Waals surface area (Å²) in [4.78, 5) is 24.6. The van der Waals surface area contributed by atoms with Crippen LogP contribution in [0.5, 0.6) is 0 Å². The van der Waals surface area contributed by atoms with Gasteiger partial charge in [0, 0.05) is 22.7 Å². The lowest BCUT2D eigenvalue weighted by molar-refractivity contribution is -0.384. The van der Waals surface area contributed by atoms with Crippen molar-refractivity contribution in [2.75, 3.05) is 18.4 Å². The Morgan fingerprint density at radius 2 is 2.10 bits per heavy atom. The van der Waals surface area contributed by atoms with Crippen LogP contribution in [0.3, 0.4) is 0 Å². The number of anilines is 1. The van der Waals surface area contributed by atoms with Crippen molar-refractivity contribution in [2.45, 2.75) is 25.8 Å². The van der Waals surface area contributed by atoms with E-state index in [1.807, 2.05) is 22.6 Å². The molecule has 1 N–H and O–H groups in total. The van der Waals surface area contributed by atoms with E-state index in [9.17, 15) is 14.9 Å². The molecule has 20 heavy (non-hydrogen) atoms. The minimum Gasteiger partial charge on any atom is -0.368 e. The van der Waals surface area contributed by atoms with Crippen molar-refractivity contribution in [1.29, 1.82) is 0 Å². The average Bonchev–Trinajstić information content (AvgIpc) is 2.93. The molecule has 1 amide bonds. The summed E-state index contributed by atoms with van der Waals surface area (Å²) >= 11 is 2.03. The number of hydrogen-bond donors (Lipinski definition) is 1. The van der Waals surface area contributed by atoms with Crippen LogP contribution >= 0.6 is 22.6 Å². The molecule has 0 bridgehead atoms. The number of nitrogens with zero attached hydrogens (tertiary/aromatic N) is 2. The summed E-state index contributed by atoms with van der Waals surface area (Å²) in [6.07, 6.45) is 2.06. The molecule has 1 atom stereocenters. The molecule has 6 nitrogen and oxygen atoms in total. The van der Waals surface area contributed by atoms with Crippen molar-refractivity contribution >= 4 is 39.9 Å². The summed E-state index contributed by atoms with van der Waals surface area (Å²) < 4.78 is 0.790. The van der Waals surface area contributed by atoms with Gasteiger partial charge in [0.25, 0.3) is 5.69 Å². The second-order valence-corrected chi connectivity index (χ2v) is 6.06. The molecule has 0 aliphatic carbocycles. The zero-order chi connectivity index (χ0) is 14.7. The summed E-state index contributed by atoms with van der Waals surface area (Å²) in [7, 11) is 0. The van der Waals surface area contributed by atoms with E-state index in [1.54, 1.807) is 24.0 Å². The van der Waals surface area contributed by atoms with Gasteiger partial charge >= 0.3 is 0 Å². The number of nitro benzene ring substituents is 1. The van der Waals surface area contributed by atoms with E-state index in [2.05, 4.69) is 5.32 Å². The normalized spacial score (nSPS) is 16.0. The number of benzene rings is 1. The summed E-state index contributed by atoms with van der Waals surface area (Å²) in [6.45, 7) is 3.29. The quantitative estimate of drug-likeness (QED) is 0.488. The highest BCUT2D eigenvalue weighted by molar-refractivity contribution is 14.1. The lowest BCUT2D eigenvalue weighted by atomic mass is 10.2. The van der Waals surface area contributed by atoms with Crippen molar-refractivity contribution in [3.8, 4) is 0 Å². The highest BCUT2D eigenvalue weighted by Crippen LogP contribution is 2.27. The first-order valence-corrected chi connectivity index (χ1v) is 7.56. The molecule has 1 unspecified atom stereocenters. The number of carbonyl (C=O) groups excluding carboxylic acids is 1. The Morgan fingerprint density at radius 3 is 2.70 bits per heavy atom. The molecule has 1 fully saturated rings. The molecule has 0 aromatic heterocycles. The number of nitrogens with one attached hydrogen (secondary N) is 1. The van der Waals surface area contributed by atoms with Crippen LogP contribution in [-0.4, -0.2) is 34.9 Å². The van der Waals surface area contributed by atoms with Crippen molar-refractivity contribution in [3.05, 3.63) is 31.9 Å². The van der Waals surface area contributed by atoms with E-state index < -0.39 is 11.0 Å². The molecular weight excluding hydrogens is 373 g/mol. The lowest BCUT2D eigenvalue weighted by Crippen LogP contribution is -2.39. The molecule has 0 saturated carbocycles. The third-order valence-electron chi connectivity index (χ3n) is 3.32. The lowest BCUT2D eigenvalue weighted by Gasteiger charge is -2.21.